The maximum absolute atomic E-state index is 10.9. The van der Waals surface area contributed by atoms with Gasteiger partial charge in [-0.05, 0) is 12.5 Å². The highest BCUT2D eigenvalue weighted by atomic mass is 79.9. The third-order valence-electron chi connectivity index (χ3n) is 1.99. The van der Waals surface area contributed by atoms with Crippen LogP contribution < -0.4 is 4.74 Å². The van der Waals surface area contributed by atoms with E-state index in [0.717, 1.165) is 0 Å². The van der Waals surface area contributed by atoms with Crippen LogP contribution in [0.1, 0.15) is 12.5 Å². The van der Waals surface area contributed by atoms with E-state index in [4.69, 9.17) is 4.74 Å². The Labute approximate surface area is 96.5 Å². The summed E-state index contributed by atoms with van der Waals surface area (Å²) in [5.41, 5.74) is 0.745. The van der Waals surface area contributed by atoms with Gasteiger partial charge in [0, 0.05) is 10.4 Å². The molecule has 0 fully saturated rings. The molecule has 0 radical (unpaired) electrons. The predicted octanol–water partition coefficient (Wildman–Crippen LogP) is 2.93. The van der Waals surface area contributed by atoms with Crippen LogP contribution in [0, 0.1) is 10.1 Å². The number of para-hydroxylation sites is 1. The fraction of sp³-hybridized carbons (Fsp3) is 0.400. The molecule has 5 heteroatoms. The lowest BCUT2D eigenvalue weighted by molar-refractivity contribution is -0.386. The molecule has 4 nitrogen and oxygen atoms in total. The van der Waals surface area contributed by atoms with Gasteiger partial charge in [0.25, 0.3) is 0 Å². The lowest BCUT2D eigenvalue weighted by Gasteiger charge is -2.07. The number of nitro groups is 1. The first-order chi connectivity index (χ1) is 7.06. The van der Waals surface area contributed by atoms with Crippen molar-refractivity contribution >= 4 is 21.6 Å². The molecular formula is C10H12BrNO3. The number of hydrogen-bond acceptors (Lipinski definition) is 3. The number of alkyl halides is 1. The van der Waals surface area contributed by atoms with Crippen LogP contribution in [0.2, 0.25) is 0 Å². The highest BCUT2D eigenvalue weighted by Crippen LogP contribution is 2.31. The molecule has 0 N–H and O–H groups in total. The maximum Gasteiger partial charge on any atom is 0.314 e. The minimum Gasteiger partial charge on any atom is -0.490 e. The summed E-state index contributed by atoms with van der Waals surface area (Å²) in [6.45, 7) is 1.95. The zero-order valence-corrected chi connectivity index (χ0v) is 10.2. The van der Waals surface area contributed by atoms with Crippen molar-refractivity contribution in [2.24, 2.45) is 0 Å². The topological polar surface area (TPSA) is 52.4 Å². The Kier molecular flexibility index (Phi) is 4.08. The summed E-state index contributed by atoms with van der Waals surface area (Å²) >= 11 is 3.38. The average Bonchev–Trinajstić information content (AvgIpc) is 2.15. The van der Waals surface area contributed by atoms with Gasteiger partial charge < -0.3 is 4.74 Å². The predicted molar refractivity (Wildman–Crippen MR) is 61.7 cm³/mol. The second-order valence-corrected chi connectivity index (χ2v) is 4.77. The lowest BCUT2D eigenvalue weighted by atomic mass is 10.1. The first-order valence-electron chi connectivity index (χ1n) is 4.50. The molecule has 82 valence electrons. The van der Waals surface area contributed by atoms with Gasteiger partial charge in [-0.25, -0.2) is 0 Å². The van der Waals surface area contributed by atoms with Crippen molar-refractivity contribution in [3.05, 3.63) is 33.9 Å². The molecule has 0 bridgehead atoms. The molecule has 0 saturated heterocycles. The third kappa shape index (κ3) is 2.92. The second kappa shape index (κ2) is 5.11. The van der Waals surface area contributed by atoms with Crippen molar-refractivity contribution in [2.45, 2.75) is 18.2 Å². The van der Waals surface area contributed by atoms with Crippen molar-refractivity contribution in [1.82, 2.24) is 0 Å². The molecule has 0 aliphatic rings. The minimum absolute atomic E-state index is 0.0614. The molecular weight excluding hydrogens is 262 g/mol. The summed E-state index contributed by atoms with van der Waals surface area (Å²) in [6.07, 6.45) is 0.605. The largest absolute Gasteiger partial charge is 0.490 e. The number of nitrogens with zero attached hydrogens (tertiary/aromatic N) is 1. The van der Waals surface area contributed by atoms with E-state index >= 15 is 0 Å². The van der Waals surface area contributed by atoms with Gasteiger partial charge in [0.1, 0.15) is 0 Å². The van der Waals surface area contributed by atoms with Crippen LogP contribution in [0.3, 0.4) is 0 Å². The Morgan fingerprint density at radius 3 is 2.73 bits per heavy atom. The van der Waals surface area contributed by atoms with Crippen LogP contribution in [0.25, 0.3) is 0 Å². The molecule has 1 aromatic rings. The van der Waals surface area contributed by atoms with E-state index in [9.17, 15) is 10.1 Å². The van der Waals surface area contributed by atoms with Gasteiger partial charge in [-0.2, -0.15) is 0 Å². The second-order valence-electron chi connectivity index (χ2n) is 3.21. The van der Waals surface area contributed by atoms with E-state index in [1.807, 2.05) is 6.92 Å². The summed E-state index contributed by atoms with van der Waals surface area (Å²) < 4.78 is 4.97. The molecule has 0 amide bonds. The van der Waals surface area contributed by atoms with Gasteiger partial charge in [-0.15, -0.1) is 0 Å². The van der Waals surface area contributed by atoms with Crippen molar-refractivity contribution < 1.29 is 9.66 Å². The van der Waals surface area contributed by atoms with E-state index in [1.165, 1.54) is 7.11 Å². The minimum atomic E-state index is -0.399. The molecule has 0 aliphatic carbocycles. The number of hydrogen-bond donors (Lipinski definition) is 0. The number of methoxy groups -OCH3 is 1. The first-order valence-corrected chi connectivity index (χ1v) is 5.42. The Morgan fingerprint density at radius 2 is 2.27 bits per heavy atom. The van der Waals surface area contributed by atoms with Gasteiger partial charge in [-0.1, -0.05) is 35.0 Å². The van der Waals surface area contributed by atoms with Crippen molar-refractivity contribution in [1.29, 1.82) is 0 Å². The van der Waals surface area contributed by atoms with Crippen molar-refractivity contribution in [3.63, 3.8) is 0 Å². The Balaban J connectivity index is 3.19. The van der Waals surface area contributed by atoms with E-state index in [2.05, 4.69) is 15.9 Å². The van der Waals surface area contributed by atoms with Crippen LogP contribution in [0.15, 0.2) is 18.2 Å². The fourth-order valence-corrected chi connectivity index (χ4v) is 1.76. The molecule has 0 aromatic heterocycles. The smallest absolute Gasteiger partial charge is 0.314 e. The van der Waals surface area contributed by atoms with Gasteiger partial charge in [0.2, 0.25) is 0 Å². The van der Waals surface area contributed by atoms with Crippen LogP contribution in [-0.4, -0.2) is 16.9 Å². The Morgan fingerprint density at radius 1 is 1.60 bits per heavy atom. The fourth-order valence-electron chi connectivity index (χ4n) is 1.41. The molecule has 1 rings (SSSR count). The van der Waals surface area contributed by atoms with Crippen LogP contribution >= 0.6 is 15.9 Å². The zero-order valence-electron chi connectivity index (χ0n) is 8.57. The highest BCUT2D eigenvalue weighted by Gasteiger charge is 2.20. The summed E-state index contributed by atoms with van der Waals surface area (Å²) in [7, 11) is 1.43. The highest BCUT2D eigenvalue weighted by molar-refractivity contribution is 9.09. The molecule has 0 heterocycles. The standard InChI is InChI=1S/C10H12BrNO3/c1-7(11)6-8-4-3-5-9(15-2)10(8)12(13)14/h3-5,7H,6H2,1-2H3. The lowest BCUT2D eigenvalue weighted by Crippen LogP contribution is -2.03. The Bertz CT molecular complexity index is 366. The van der Waals surface area contributed by atoms with Crippen molar-refractivity contribution in [2.75, 3.05) is 7.11 Å². The summed E-state index contributed by atoms with van der Waals surface area (Å²) in [5, 5.41) is 10.9. The Hall–Kier alpha value is -1.10. The van der Waals surface area contributed by atoms with Crippen molar-refractivity contribution in [3.8, 4) is 5.75 Å². The SMILES string of the molecule is COc1cccc(CC(C)Br)c1[N+](=O)[O-]. The van der Waals surface area contributed by atoms with Crippen LogP contribution in [0.4, 0.5) is 5.69 Å². The van der Waals surface area contributed by atoms with Crippen LogP contribution in [-0.2, 0) is 6.42 Å². The first kappa shape index (κ1) is 12.0. The summed E-state index contributed by atoms with van der Waals surface area (Å²) in [4.78, 5) is 10.7. The zero-order chi connectivity index (χ0) is 11.4. The summed E-state index contributed by atoms with van der Waals surface area (Å²) in [6, 6.07) is 5.11. The molecule has 1 aromatic carbocycles. The average molecular weight is 274 g/mol. The molecule has 1 unspecified atom stereocenters. The molecule has 1 atom stereocenters. The number of ether oxygens (including phenoxy) is 1. The van der Waals surface area contributed by atoms with E-state index in [-0.39, 0.29) is 10.5 Å². The maximum atomic E-state index is 10.9. The van der Waals surface area contributed by atoms with Gasteiger partial charge in [0.15, 0.2) is 5.75 Å². The molecule has 0 aliphatic heterocycles. The molecule has 0 spiro atoms. The molecule has 15 heavy (non-hydrogen) atoms. The van der Waals surface area contributed by atoms with Gasteiger partial charge in [-0.3, -0.25) is 10.1 Å². The number of nitro benzene ring substituents is 1. The number of halogens is 1. The number of rotatable bonds is 4. The monoisotopic (exact) mass is 273 g/mol. The normalized spacial score (nSPS) is 12.2. The van der Waals surface area contributed by atoms with E-state index in [0.29, 0.717) is 17.7 Å². The van der Waals surface area contributed by atoms with Gasteiger partial charge in [0.05, 0.1) is 12.0 Å². The third-order valence-corrected chi connectivity index (χ3v) is 2.31. The summed E-state index contributed by atoms with van der Waals surface area (Å²) in [5.74, 6) is 0.311. The number of benzene rings is 1. The molecule has 0 saturated carbocycles. The van der Waals surface area contributed by atoms with E-state index < -0.39 is 4.92 Å². The van der Waals surface area contributed by atoms with Gasteiger partial charge >= 0.3 is 5.69 Å². The van der Waals surface area contributed by atoms with E-state index in [1.54, 1.807) is 18.2 Å². The quantitative estimate of drug-likeness (QED) is 0.482. The van der Waals surface area contributed by atoms with Crippen LogP contribution in [0.5, 0.6) is 5.75 Å².